The van der Waals surface area contributed by atoms with Gasteiger partial charge in [-0.3, -0.25) is 4.79 Å². The summed E-state index contributed by atoms with van der Waals surface area (Å²) in [6.07, 6.45) is 1.16. The molecule has 4 rings (SSSR count). The zero-order valence-corrected chi connectivity index (χ0v) is 23.6. The molecule has 0 spiro atoms. The summed E-state index contributed by atoms with van der Waals surface area (Å²) in [6, 6.07) is 21.9. The maximum Gasteiger partial charge on any atom is 0.339 e. The molecule has 0 saturated carbocycles. The Kier molecular flexibility index (Phi) is 8.58. The first-order valence-electron chi connectivity index (χ1n) is 11.7. The molecule has 0 aromatic heterocycles. The van der Waals surface area contributed by atoms with Crippen LogP contribution in [0.1, 0.15) is 27.0 Å². The van der Waals surface area contributed by atoms with Gasteiger partial charge in [-0.05, 0) is 74.5 Å². The molecule has 0 aliphatic heterocycles. The lowest BCUT2D eigenvalue weighted by Gasteiger charge is -2.12. The van der Waals surface area contributed by atoms with Crippen molar-refractivity contribution in [1.29, 1.82) is 0 Å². The highest BCUT2D eigenvalue weighted by Gasteiger charge is 2.21. The van der Waals surface area contributed by atoms with Crippen LogP contribution in [0.25, 0.3) is 0 Å². The molecule has 0 radical (unpaired) electrons. The fourth-order valence-electron chi connectivity index (χ4n) is 3.32. The molecule has 4 aromatic rings. The second-order valence-electron chi connectivity index (χ2n) is 8.61. The Hall–Kier alpha value is -4.19. The van der Waals surface area contributed by atoms with Gasteiger partial charge in [-0.1, -0.05) is 47.0 Å². The lowest BCUT2D eigenvalue weighted by atomic mass is 10.2. The zero-order chi connectivity index (χ0) is 28.9. The standard InChI is InChI=1S/C28H23ClN2O7S2/c1-19-3-13-25(14-4-19)39(33,34)37-24-12-9-22(18-30-31-28(32)21-7-10-23(29)11-8-21)27(17-24)38-40(35,36)26-15-5-20(2)6-16-26/h3-18H,1-2H3,(H,31,32)/b30-18-. The van der Waals surface area contributed by atoms with Crippen LogP contribution in [0.3, 0.4) is 0 Å². The van der Waals surface area contributed by atoms with Crippen molar-refractivity contribution >= 4 is 44.0 Å². The first-order valence-corrected chi connectivity index (χ1v) is 14.9. The molecule has 4 aromatic carbocycles. The van der Waals surface area contributed by atoms with E-state index < -0.39 is 26.1 Å². The maximum atomic E-state index is 13.0. The summed E-state index contributed by atoms with van der Waals surface area (Å²) in [5, 5.41) is 4.35. The van der Waals surface area contributed by atoms with Crippen LogP contribution in [0, 0.1) is 13.8 Å². The number of carbonyl (C=O) groups excluding carboxylic acids is 1. The molecule has 1 N–H and O–H groups in total. The molecule has 0 aliphatic rings. The molecule has 0 fully saturated rings. The van der Waals surface area contributed by atoms with Crippen molar-refractivity contribution in [3.63, 3.8) is 0 Å². The molecule has 9 nitrogen and oxygen atoms in total. The van der Waals surface area contributed by atoms with Crippen LogP contribution < -0.4 is 13.8 Å². The van der Waals surface area contributed by atoms with E-state index in [0.29, 0.717) is 10.6 Å². The summed E-state index contributed by atoms with van der Waals surface area (Å²) in [4.78, 5) is 12.2. The molecule has 206 valence electrons. The quantitative estimate of drug-likeness (QED) is 0.158. The van der Waals surface area contributed by atoms with Gasteiger partial charge < -0.3 is 8.37 Å². The predicted octanol–water partition coefficient (Wildman–Crippen LogP) is 5.26. The van der Waals surface area contributed by atoms with Gasteiger partial charge >= 0.3 is 20.2 Å². The normalized spacial score (nSPS) is 11.8. The molecular formula is C28H23ClN2O7S2. The van der Waals surface area contributed by atoms with E-state index in [1.54, 1.807) is 43.3 Å². The fourth-order valence-corrected chi connectivity index (χ4v) is 5.32. The van der Waals surface area contributed by atoms with E-state index in [1.165, 1.54) is 48.5 Å². The number of hydrazone groups is 1. The van der Waals surface area contributed by atoms with E-state index >= 15 is 0 Å². The molecule has 40 heavy (non-hydrogen) atoms. The van der Waals surface area contributed by atoms with Crippen LogP contribution in [-0.4, -0.2) is 29.0 Å². The van der Waals surface area contributed by atoms with Crippen LogP contribution in [-0.2, 0) is 20.2 Å². The average Bonchev–Trinajstić information content (AvgIpc) is 2.90. The average molecular weight is 599 g/mol. The second-order valence-corrected chi connectivity index (χ2v) is 12.1. The molecular weight excluding hydrogens is 576 g/mol. The van der Waals surface area contributed by atoms with Crippen LogP contribution >= 0.6 is 11.6 Å². The maximum absolute atomic E-state index is 13.0. The third kappa shape index (κ3) is 7.26. The molecule has 0 atom stereocenters. The summed E-state index contributed by atoms with van der Waals surface area (Å²) >= 11 is 5.84. The number of halogens is 1. The number of carbonyl (C=O) groups is 1. The van der Waals surface area contributed by atoms with Gasteiger partial charge in [0.05, 0.1) is 6.21 Å². The van der Waals surface area contributed by atoms with Gasteiger partial charge in [0.2, 0.25) is 0 Å². The second kappa shape index (κ2) is 11.9. The molecule has 0 unspecified atom stereocenters. The molecule has 0 bridgehead atoms. The topological polar surface area (TPSA) is 128 Å². The van der Waals surface area contributed by atoms with Gasteiger partial charge in [-0.25, -0.2) is 5.43 Å². The Morgan fingerprint density at radius 2 is 1.27 bits per heavy atom. The minimum absolute atomic E-state index is 0.0802. The lowest BCUT2D eigenvalue weighted by Crippen LogP contribution is -2.17. The summed E-state index contributed by atoms with van der Waals surface area (Å²) in [6.45, 7) is 3.62. The van der Waals surface area contributed by atoms with Crippen molar-refractivity contribution in [3.8, 4) is 11.5 Å². The van der Waals surface area contributed by atoms with E-state index in [1.807, 2.05) is 6.92 Å². The number of nitrogens with zero attached hydrogens (tertiary/aromatic N) is 1. The number of rotatable bonds is 9. The van der Waals surface area contributed by atoms with Crippen LogP contribution in [0.4, 0.5) is 0 Å². The van der Waals surface area contributed by atoms with E-state index in [9.17, 15) is 21.6 Å². The Morgan fingerprint density at radius 3 is 1.82 bits per heavy atom. The predicted molar refractivity (Wildman–Crippen MR) is 151 cm³/mol. The van der Waals surface area contributed by atoms with Crippen molar-refractivity contribution in [2.24, 2.45) is 5.10 Å². The monoisotopic (exact) mass is 598 g/mol. The molecule has 1 amide bonds. The van der Waals surface area contributed by atoms with Crippen molar-refractivity contribution in [1.82, 2.24) is 5.43 Å². The van der Waals surface area contributed by atoms with Crippen molar-refractivity contribution in [2.45, 2.75) is 23.6 Å². The van der Waals surface area contributed by atoms with Crippen LogP contribution in [0.15, 0.2) is 106 Å². The Balaban J connectivity index is 1.64. The van der Waals surface area contributed by atoms with Gasteiger partial charge in [0.1, 0.15) is 15.5 Å². The highest BCUT2D eigenvalue weighted by atomic mass is 35.5. The van der Waals surface area contributed by atoms with Crippen molar-refractivity contribution in [3.05, 3.63) is 118 Å². The molecule has 12 heteroatoms. The Morgan fingerprint density at radius 1 is 0.750 bits per heavy atom. The molecule has 0 heterocycles. The van der Waals surface area contributed by atoms with Gasteiger partial charge in [-0.15, -0.1) is 0 Å². The molecule has 0 aliphatic carbocycles. The van der Waals surface area contributed by atoms with Gasteiger partial charge in [0.15, 0.2) is 5.75 Å². The first kappa shape index (κ1) is 28.8. The van der Waals surface area contributed by atoms with Crippen molar-refractivity contribution < 1.29 is 30.0 Å². The van der Waals surface area contributed by atoms with Crippen LogP contribution in [0.5, 0.6) is 11.5 Å². The van der Waals surface area contributed by atoms with E-state index in [0.717, 1.165) is 23.4 Å². The minimum Gasteiger partial charge on any atom is -0.379 e. The highest BCUT2D eigenvalue weighted by Crippen LogP contribution is 2.29. The van der Waals surface area contributed by atoms with Gasteiger partial charge in [0.25, 0.3) is 5.91 Å². The lowest BCUT2D eigenvalue weighted by molar-refractivity contribution is 0.0955. The Bertz CT molecular complexity index is 1770. The number of hydrogen-bond donors (Lipinski definition) is 1. The van der Waals surface area contributed by atoms with E-state index in [2.05, 4.69) is 10.5 Å². The number of aryl methyl sites for hydroxylation is 2. The zero-order valence-electron chi connectivity index (χ0n) is 21.2. The number of amides is 1. The van der Waals surface area contributed by atoms with E-state index in [4.69, 9.17) is 20.0 Å². The summed E-state index contributed by atoms with van der Waals surface area (Å²) in [5.74, 6) is -1.01. The highest BCUT2D eigenvalue weighted by molar-refractivity contribution is 7.87. The number of hydrogen-bond acceptors (Lipinski definition) is 8. The summed E-state index contributed by atoms with van der Waals surface area (Å²) < 4.78 is 62.2. The third-order valence-corrected chi connectivity index (χ3v) is 8.25. The minimum atomic E-state index is -4.32. The summed E-state index contributed by atoms with van der Waals surface area (Å²) in [5.41, 5.74) is 4.45. The Labute approximate surface area is 237 Å². The van der Waals surface area contributed by atoms with Crippen LogP contribution in [0.2, 0.25) is 5.02 Å². The van der Waals surface area contributed by atoms with E-state index in [-0.39, 0.29) is 26.9 Å². The van der Waals surface area contributed by atoms with Gasteiger partial charge in [0, 0.05) is 22.2 Å². The number of nitrogens with one attached hydrogen (secondary N) is 1. The summed E-state index contributed by atoms with van der Waals surface area (Å²) in [7, 11) is -8.55. The fraction of sp³-hybridized carbons (Fsp3) is 0.0714. The molecule has 0 saturated heterocycles. The number of benzene rings is 4. The SMILES string of the molecule is Cc1ccc(S(=O)(=O)Oc2ccc(/C=N\NC(=O)c3ccc(Cl)cc3)c(OS(=O)(=O)c3ccc(C)cc3)c2)cc1. The van der Waals surface area contributed by atoms with Gasteiger partial charge in [-0.2, -0.15) is 21.9 Å². The third-order valence-electron chi connectivity index (χ3n) is 5.49. The first-order chi connectivity index (χ1) is 18.9. The largest absolute Gasteiger partial charge is 0.379 e. The van der Waals surface area contributed by atoms with Crippen molar-refractivity contribution in [2.75, 3.05) is 0 Å². The smallest absolute Gasteiger partial charge is 0.339 e.